The number of H-pyrrole nitrogens is 1. The van der Waals surface area contributed by atoms with E-state index in [0.29, 0.717) is 40.6 Å². The average molecular weight is 403 g/mol. The van der Waals surface area contributed by atoms with Gasteiger partial charge in [-0.25, -0.2) is 18.4 Å². The fourth-order valence-corrected chi connectivity index (χ4v) is 5.20. The standard InChI is InChI=1S/C18H18N4O3S2/c23-18-14-5-1-2-6-15(14)20-16(21-18)12-26-17-8-7-13(11-19-17)27(24,25)22-9-3-4-10-22/h1-2,5-8,11H,3-4,9-10,12H2,(H,20,21,23). The summed E-state index contributed by atoms with van der Waals surface area (Å²) in [6, 6.07) is 10.4. The van der Waals surface area contributed by atoms with E-state index in [1.165, 1.54) is 22.3 Å². The summed E-state index contributed by atoms with van der Waals surface area (Å²) in [5.41, 5.74) is 0.480. The van der Waals surface area contributed by atoms with E-state index in [4.69, 9.17) is 0 Å². The molecule has 0 spiro atoms. The molecule has 1 aromatic carbocycles. The molecule has 0 bridgehead atoms. The highest BCUT2D eigenvalue weighted by Gasteiger charge is 2.27. The molecule has 9 heteroatoms. The van der Waals surface area contributed by atoms with Crippen molar-refractivity contribution in [2.45, 2.75) is 28.5 Å². The first-order valence-corrected chi connectivity index (χ1v) is 11.0. The predicted octanol–water partition coefficient (Wildman–Crippen LogP) is 2.39. The third kappa shape index (κ3) is 3.76. The number of hydrogen-bond acceptors (Lipinski definition) is 6. The molecular formula is C18H18N4O3S2. The molecule has 2 aromatic heterocycles. The lowest BCUT2D eigenvalue weighted by molar-refractivity contribution is 0.477. The van der Waals surface area contributed by atoms with Crippen LogP contribution in [0.15, 0.2) is 57.3 Å². The molecule has 140 valence electrons. The van der Waals surface area contributed by atoms with E-state index in [2.05, 4.69) is 15.0 Å². The lowest BCUT2D eigenvalue weighted by atomic mass is 10.2. The number of sulfonamides is 1. The molecule has 4 rings (SSSR count). The highest BCUT2D eigenvalue weighted by Crippen LogP contribution is 2.24. The van der Waals surface area contributed by atoms with E-state index in [1.807, 2.05) is 6.07 Å². The molecule has 1 N–H and O–H groups in total. The first-order chi connectivity index (χ1) is 13.0. The number of thioether (sulfide) groups is 1. The zero-order valence-electron chi connectivity index (χ0n) is 14.5. The van der Waals surface area contributed by atoms with E-state index >= 15 is 0 Å². The van der Waals surface area contributed by atoms with Crippen LogP contribution in [-0.2, 0) is 15.8 Å². The van der Waals surface area contributed by atoms with Crippen molar-refractivity contribution in [3.8, 4) is 0 Å². The molecule has 1 fully saturated rings. The van der Waals surface area contributed by atoms with Gasteiger partial charge in [0.25, 0.3) is 5.56 Å². The maximum atomic E-state index is 12.5. The number of aromatic nitrogens is 3. The summed E-state index contributed by atoms with van der Waals surface area (Å²) in [6.45, 7) is 1.14. The third-order valence-electron chi connectivity index (χ3n) is 4.43. The second-order valence-electron chi connectivity index (χ2n) is 6.26. The highest BCUT2D eigenvalue weighted by molar-refractivity contribution is 7.98. The molecule has 3 heterocycles. The number of para-hydroxylation sites is 1. The lowest BCUT2D eigenvalue weighted by Gasteiger charge is -2.15. The number of nitrogens with one attached hydrogen (secondary N) is 1. The van der Waals surface area contributed by atoms with Gasteiger partial charge in [0.05, 0.1) is 21.7 Å². The SMILES string of the molecule is O=c1[nH]c(CSc2ccc(S(=O)(=O)N3CCCC3)cn2)nc2ccccc12. The van der Waals surface area contributed by atoms with Gasteiger partial charge in [-0.2, -0.15) is 4.31 Å². The van der Waals surface area contributed by atoms with Gasteiger partial charge >= 0.3 is 0 Å². The van der Waals surface area contributed by atoms with Gasteiger partial charge in [-0.1, -0.05) is 23.9 Å². The molecule has 0 aliphatic carbocycles. The zero-order chi connectivity index (χ0) is 18.9. The van der Waals surface area contributed by atoms with Crippen LogP contribution in [0.2, 0.25) is 0 Å². The van der Waals surface area contributed by atoms with Crippen molar-refractivity contribution in [1.82, 2.24) is 19.3 Å². The molecule has 0 radical (unpaired) electrons. The van der Waals surface area contributed by atoms with E-state index in [1.54, 1.807) is 30.3 Å². The Labute approximate surface area is 160 Å². The van der Waals surface area contributed by atoms with Crippen molar-refractivity contribution < 1.29 is 8.42 Å². The Morgan fingerprint density at radius 3 is 2.63 bits per heavy atom. The van der Waals surface area contributed by atoms with Gasteiger partial charge in [0.15, 0.2) is 0 Å². The minimum absolute atomic E-state index is 0.170. The van der Waals surface area contributed by atoms with Crippen LogP contribution in [0, 0.1) is 0 Å². The molecule has 1 aliphatic heterocycles. The van der Waals surface area contributed by atoms with Gasteiger partial charge in [-0.05, 0) is 37.1 Å². The molecular weight excluding hydrogens is 384 g/mol. The van der Waals surface area contributed by atoms with Crippen LogP contribution in [0.5, 0.6) is 0 Å². The molecule has 1 saturated heterocycles. The number of rotatable bonds is 5. The second-order valence-corrected chi connectivity index (χ2v) is 9.20. The molecule has 27 heavy (non-hydrogen) atoms. The normalized spacial score (nSPS) is 15.4. The average Bonchev–Trinajstić information content (AvgIpc) is 3.22. The van der Waals surface area contributed by atoms with Gasteiger partial charge in [-0.15, -0.1) is 0 Å². The van der Waals surface area contributed by atoms with Crippen molar-refractivity contribution in [1.29, 1.82) is 0 Å². The number of benzene rings is 1. The van der Waals surface area contributed by atoms with Crippen LogP contribution < -0.4 is 5.56 Å². The van der Waals surface area contributed by atoms with Gasteiger partial charge in [0.2, 0.25) is 10.0 Å². The number of pyridine rings is 1. The Morgan fingerprint density at radius 2 is 1.89 bits per heavy atom. The summed E-state index contributed by atoms with van der Waals surface area (Å²) in [6.07, 6.45) is 3.20. The van der Waals surface area contributed by atoms with Gasteiger partial charge < -0.3 is 4.98 Å². The van der Waals surface area contributed by atoms with Crippen molar-refractivity contribution in [3.63, 3.8) is 0 Å². The summed E-state index contributed by atoms with van der Waals surface area (Å²) >= 11 is 1.39. The van der Waals surface area contributed by atoms with Crippen molar-refractivity contribution >= 4 is 32.7 Å². The maximum Gasteiger partial charge on any atom is 0.258 e. The fourth-order valence-electron chi connectivity index (χ4n) is 3.03. The molecule has 1 aliphatic rings. The Kier molecular flexibility index (Phi) is 4.98. The molecule has 7 nitrogen and oxygen atoms in total. The molecule has 0 atom stereocenters. The number of fused-ring (bicyclic) bond motifs is 1. The first kappa shape index (κ1) is 18.1. The van der Waals surface area contributed by atoms with Crippen molar-refractivity contribution in [3.05, 3.63) is 58.8 Å². The Hall–Kier alpha value is -2.23. The predicted molar refractivity (Wildman–Crippen MR) is 104 cm³/mol. The van der Waals surface area contributed by atoms with E-state index in [0.717, 1.165) is 12.8 Å². The molecule has 0 saturated carbocycles. The number of nitrogens with zero attached hydrogens (tertiary/aromatic N) is 3. The zero-order valence-corrected chi connectivity index (χ0v) is 16.1. The minimum atomic E-state index is -3.45. The van der Waals surface area contributed by atoms with E-state index in [-0.39, 0.29) is 10.5 Å². The fraction of sp³-hybridized carbons (Fsp3) is 0.278. The molecule has 3 aromatic rings. The Balaban J connectivity index is 1.48. The Morgan fingerprint density at radius 1 is 1.11 bits per heavy atom. The van der Waals surface area contributed by atoms with E-state index in [9.17, 15) is 13.2 Å². The second kappa shape index (κ2) is 7.41. The quantitative estimate of drug-likeness (QED) is 0.659. The topological polar surface area (TPSA) is 96.0 Å². The largest absolute Gasteiger partial charge is 0.309 e. The van der Waals surface area contributed by atoms with E-state index < -0.39 is 10.0 Å². The van der Waals surface area contributed by atoms with Crippen LogP contribution in [-0.4, -0.2) is 40.8 Å². The van der Waals surface area contributed by atoms with Crippen molar-refractivity contribution in [2.24, 2.45) is 0 Å². The third-order valence-corrected chi connectivity index (χ3v) is 7.27. The number of hydrogen-bond donors (Lipinski definition) is 1. The lowest BCUT2D eigenvalue weighted by Crippen LogP contribution is -2.27. The summed E-state index contributed by atoms with van der Waals surface area (Å²) in [4.78, 5) is 23.8. The van der Waals surface area contributed by atoms with Crippen LogP contribution in [0.25, 0.3) is 10.9 Å². The van der Waals surface area contributed by atoms with Gasteiger partial charge in [0.1, 0.15) is 10.7 Å². The van der Waals surface area contributed by atoms with Gasteiger partial charge in [-0.3, -0.25) is 4.79 Å². The number of aromatic amines is 1. The van der Waals surface area contributed by atoms with Crippen LogP contribution in [0.3, 0.4) is 0 Å². The first-order valence-electron chi connectivity index (χ1n) is 8.61. The van der Waals surface area contributed by atoms with Crippen molar-refractivity contribution in [2.75, 3.05) is 13.1 Å². The monoisotopic (exact) mass is 402 g/mol. The highest BCUT2D eigenvalue weighted by atomic mass is 32.2. The molecule has 0 amide bonds. The van der Waals surface area contributed by atoms with Crippen LogP contribution >= 0.6 is 11.8 Å². The summed E-state index contributed by atoms with van der Waals surface area (Å²) in [5, 5.41) is 1.23. The summed E-state index contributed by atoms with van der Waals surface area (Å²) in [7, 11) is -3.45. The minimum Gasteiger partial charge on any atom is -0.309 e. The van der Waals surface area contributed by atoms with Crippen LogP contribution in [0.1, 0.15) is 18.7 Å². The van der Waals surface area contributed by atoms with Gasteiger partial charge in [0, 0.05) is 19.3 Å². The summed E-state index contributed by atoms with van der Waals surface area (Å²) < 4.78 is 26.5. The van der Waals surface area contributed by atoms with Crippen LogP contribution in [0.4, 0.5) is 0 Å². The molecule has 0 unspecified atom stereocenters. The smallest absolute Gasteiger partial charge is 0.258 e. The maximum absolute atomic E-state index is 12.5. The Bertz CT molecular complexity index is 1120. The summed E-state index contributed by atoms with van der Waals surface area (Å²) in [5.74, 6) is 0.991.